The molecule has 12 nitrogen and oxygen atoms in total. The summed E-state index contributed by atoms with van der Waals surface area (Å²) in [7, 11) is -5.17. The monoisotopic (exact) mass is 532 g/mol. The molecule has 0 amide bonds. The van der Waals surface area contributed by atoms with Gasteiger partial charge in [-0.05, 0) is 36.3 Å². The summed E-state index contributed by atoms with van der Waals surface area (Å²) in [5.74, 6) is 0.680. The first kappa shape index (κ1) is 28.6. The number of aromatic nitrogens is 3. The van der Waals surface area contributed by atoms with Gasteiger partial charge in [0.25, 0.3) is 0 Å². The van der Waals surface area contributed by atoms with Gasteiger partial charge in [-0.25, -0.2) is 4.57 Å². The van der Waals surface area contributed by atoms with Gasteiger partial charge >= 0.3 is 5.95 Å². The number of likely N-dealkylation sites (N-methyl/N-ethyl adjacent to an activating group) is 1. The summed E-state index contributed by atoms with van der Waals surface area (Å²) in [4.78, 5) is 5.08. The summed E-state index contributed by atoms with van der Waals surface area (Å²) in [6, 6.07) is 8.40. The Morgan fingerprint density at radius 2 is 1.73 bits per heavy atom. The van der Waals surface area contributed by atoms with Crippen molar-refractivity contribution in [2.45, 2.75) is 20.0 Å². The second kappa shape index (κ2) is 13.0. The van der Waals surface area contributed by atoms with Crippen LogP contribution in [-0.4, -0.2) is 95.6 Å². The van der Waals surface area contributed by atoms with Crippen LogP contribution >= 0.6 is 0 Å². The van der Waals surface area contributed by atoms with E-state index in [4.69, 9.17) is 17.5 Å². The molecule has 2 bridgehead atoms. The standard InChI is InChI=1S/C24H36N8.H2O4S/c1-4-11-30-21-25-31(12-5-2)24(30)27-26-22-7-9-23(10-8-22)29(6-3)16-20-32-17-13-28(14-18-32)15-19-32;1-5(2,3)4/h4-5,7-10,21H,1-2,6,11-20H2,3H3;(H2,1,2,3,4)/q+2;/p-2. The molecule has 37 heavy (non-hydrogen) atoms. The van der Waals surface area contributed by atoms with E-state index in [-0.39, 0.29) is 0 Å². The van der Waals surface area contributed by atoms with Crippen molar-refractivity contribution < 1.29 is 26.6 Å². The zero-order chi connectivity index (χ0) is 26.9. The fourth-order valence-electron chi connectivity index (χ4n) is 4.71. The molecule has 0 N–H and O–H groups in total. The van der Waals surface area contributed by atoms with Gasteiger partial charge in [-0.15, -0.1) is 17.8 Å². The lowest BCUT2D eigenvalue weighted by atomic mass is 10.1. The van der Waals surface area contributed by atoms with Crippen molar-refractivity contribution in [3.8, 4) is 0 Å². The van der Waals surface area contributed by atoms with Gasteiger partial charge in [0.1, 0.15) is 6.54 Å². The molecule has 3 aliphatic rings. The first-order valence-electron chi connectivity index (χ1n) is 12.3. The van der Waals surface area contributed by atoms with E-state index in [0.717, 1.165) is 18.8 Å². The third-order valence-electron chi connectivity index (χ3n) is 6.81. The SMILES string of the molecule is C=CCn1nc[n+](CC=C)c1N=Nc1ccc(N(CC)CC[N+]23CCN(CC2)CC3)cc1.O=S(=O)([O-])[O-]. The molecular weight excluding hydrogens is 496 g/mol. The molecule has 0 spiro atoms. The van der Waals surface area contributed by atoms with Gasteiger partial charge in [-0.1, -0.05) is 17.3 Å². The van der Waals surface area contributed by atoms with Crippen LogP contribution in [0.2, 0.25) is 0 Å². The highest BCUT2D eigenvalue weighted by Crippen LogP contribution is 2.23. The summed E-state index contributed by atoms with van der Waals surface area (Å²) >= 11 is 0. The normalized spacial score (nSPS) is 20.9. The molecule has 2 aromatic rings. The number of hydrogen-bond acceptors (Lipinski definition) is 9. The van der Waals surface area contributed by atoms with Gasteiger partial charge in [0.2, 0.25) is 6.33 Å². The van der Waals surface area contributed by atoms with E-state index in [0.29, 0.717) is 19.0 Å². The van der Waals surface area contributed by atoms with Crippen LogP contribution in [-0.2, 0) is 23.5 Å². The number of anilines is 1. The van der Waals surface area contributed by atoms with Gasteiger partial charge in [0, 0.05) is 47.4 Å². The second-order valence-corrected chi connectivity index (χ2v) is 9.94. The molecule has 3 saturated heterocycles. The molecule has 0 unspecified atom stereocenters. The Kier molecular flexibility index (Phi) is 10.1. The number of hydrogen-bond donors (Lipinski definition) is 0. The summed E-state index contributed by atoms with van der Waals surface area (Å²) in [6.45, 7) is 22.1. The van der Waals surface area contributed by atoms with Crippen LogP contribution in [0.3, 0.4) is 0 Å². The minimum atomic E-state index is -5.17. The zero-order valence-corrected chi connectivity index (χ0v) is 22.2. The quantitative estimate of drug-likeness (QED) is 0.107. The van der Waals surface area contributed by atoms with E-state index >= 15 is 0 Å². The van der Waals surface area contributed by atoms with Crippen LogP contribution < -0.4 is 9.47 Å². The van der Waals surface area contributed by atoms with Gasteiger partial charge in [-0.3, -0.25) is 13.3 Å². The van der Waals surface area contributed by atoms with E-state index in [1.54, 1.807) is 17.1 Å². The van der Waals surface area contributed by atoms with Crippen LogP contribution in [0.4, 0.5) is 17.3 Å². The summed E-state index contributed by atoms with van der Waals surface area (Å²) in [6.07, 6.45) is 5.37. The third kappa shape index (κ3) is 8.54. The molecule has 3 fully saturated rings. The molecule has 5 rings (SSSR count). The van der Waals surface area contributed by atoms with E-state index in [9.17, 15) is 0 Å². The average molecular weight is 533 g/mol. The van der Waals surface area contributed by atoms with Crippen LogP contribution in [0.15, 0.2) is 66.1 Å². The molecule has 0 aliphatic carbocycles. The Labute approximate surface area is 219 Å². The number of quaternary nitrogens is 1. The Bertz CT molecular complexity index is 1120. The lowest BCUT2D eigenvalue weighted by molar-refractivity contribution is -0.939. The topological polar surface area (TPSA) is 133 Å². The maximum atomic E-state index is 8.52. The Balaban J connectivity index is 0.000000695. The van der Waals surface area contributed by atoms with E-state index in [1.807, 2.05) is 22.8 Å². The Morgan fingerprint density at radius 3 is 2.27 bits per heavy atom. The summed E-state index contributed by atoms with van der Waals surface area (Å²) in [5.41, 5.74) is 2.08. The van der Waals surface area contributed by atoms with Crippen molar-refractivity contribution in [2.75, 3.05) is 63.8 Å². The highest BCUT2D eigenvalue weighted by molar-refractivity contribution is 7.79. The van der Waals surface area contributed by atoms with Crippen molar-refractivity contribution in [1.29, 1.82) is 0 Å². The summed E-state index contributed by atoms with van der Waals surface area (Å²) < 4.78 is 39.1. The molecule has 1 aromatic heterocycles. The first-order chi connectivity index (χ1) is 17.7. The predicted molar refractivity (Wildman–Crippen MR) is 138 cm³/mol. The number of allylic oxidation sites excluding steroid dienone is 2. The molecule has 4 heterocycles. The Hall–Kier alpha value is -2.97. The van der Waals surface area contributed by atoms with Crippen molar-refractivity contribution in [2.24, 2.45) is 10.2 Å². The second-order valence-electron chi connectivity index (χ2n) is 9.12. The maximum absolute atomic E-state index is 8.52. The predicted octanol–water partition coefficient (Wildman–Crippen LogP) is 1.59. The third-order valence-corrected chi connectivity index (χ3v) is 6.81. The summed E-state index contributed by atoms with van der Waals surface area (Å²) in [5, 5.41) is 13.3. The zero-order valence-electron chi connectivity index (χ0n) is 21.4. The lowest BCUT2D eigenvalue weighted by Crippen LogP contribution is -2.68. The fourth-order valence-corrected chi connectivity index (χ4v) is 4.71. The van der Waals surface area contributed by atoms with Crippen LogP contribution in [0.1, 0.15) is 6.92 Å². The van der Waals surface area contributed by atoms with Crippen molar-refractivity contribution in [3.63, 3.8) is 0 Å². The fraction of sp³-hybridized carbons (Fsp3) is 0.500. The van der Waals surface area contributed by atoms with Gasteiger partial charge < -0.3 is 18.5 Å². The molecule has 0 radical (unpaired) electrons. The van der Waals surface area contributed by atoms with Crippen molar-refractivity contribution in [1.82, 2.24) is 14.7 Å². The minimum Gasteiger partial charge on any atom is -0.759 e. The molecule has 1 aromatic carbocycles. The number of azo groups is 1. The molecular formula is C24H36N8O4S. The minimum absolute atomic E-state index is 0.584. The largest absolute Gasteiger partial charge is 0.759 e. The smallest absolute Gasteiger partial charge is 0.404 e. The molecule has 0 atom stereocenters. The lowest BCUT2D eigenvalue weighted by Gasteiger charge is -2.51. The van der Waals surface area contributed by atoms with E-state index < -0.39 is 10.4 Å². The number of benzene rings is 1. The highest BCUT2D eigenvalue weighted by Gasteiger charge is 2.38. The average Bonchev–Trinajstić information content (AvgIpc) is 3.25. The van der Waals surface area contributed by atoms with Gasteiger partial charge in [-0.2, -0.15) is 0 Å². The number of piperazine rings is 3. The van der Waals surface area contributed by atoms with Gasteiger partial charge in [0.05, 0.1) is 45.0 Å². The number of fused-ring (bicyclic) bond motifs is 3. The molecule has 202 valence electrons. The number of rotatable bonds is 11. The van der Waals surface area contributed by atoms with Gasteiger partial charge in [0.15, 0.2) is 0 Å². The van der Waals surface area contributed by atoms with E-state index in [1.165, 1.54) is 56.0 Å². The van der Waals surface area contributed by atoms with Crippen molar-refractivity contribution in [3.05, 3.63) is 55.9 Å². The number of nitrogens with zero attached hydrogens (tertiary/aromatic N) is 8. The maximum Gasteiger partial charge on any atom is 0.404 e. The molecule has 13 heteroatoms. The molecule has 3 aliphatic heterocycles. The van der Waals surface area contributed by atoms with Crippen LogP contribution in [0, 0.1) is 0 Å². The first-order valence-corrected chi connectivity index (χ1v) is 13.7. The van der Waals surface area contributed by atoms with E-state index in [2.05, 4.69) is 57.3 Å². The Morgan fingerprint density at radius 1 is 1.11 bits per heavy atom. The molecule has 0 saturated carbocycles. The highest BCUT2D eigenvalue weighted by atomic mass is 32.3. The van der Waals surface area contributed by atoms with Crippen LogP contribution in [0.5, 0.6) is 0 Å². The van der Waals surface area contributed by atoms with Crippen LogP contribution in [0.25, 0.3) is 0 Å². The van der Waals surface area contributed by atoms with Crippen molar-refractivity contribution >= 4 is 27.7 Å².